The second kappa shape index (κ2) is 6.79. The molecule has 0 aliphatic carbocycles. The lowest BCUT2D eigenvalue weighted by molar-refractivity contribution is 0.116. The van der Waals surface area contributed by atoms with Crippen LogP contribution in [0.3, 0.4) is 0 Å². The van der Waals surface area contributed by atoms with Gasteiger partial charge in [0, 0.05) is 57.5 Å². The molecule has 1 atom stereocenters. The van der Waals surface area contributed by atoms with Gasteiger partial charge in [-0.15, -0.1) is 0 Å². The number of nitrogens with zero attached hydrogens (tertiary/aromatic N) is 4. The van der Waals surface area contributed by atoms with Crippen molar-refractivity contribution in [1.29, 1.82) is 0 Å². The molecule has 2 amide bonds. The number of urea groups is 1. The van der Waals surface area contributed by atoms with E-state index in [-0.39, 0.29) is 6.03 Å². The largest absolute Gasteiger partial charge is 0.365 e. The van der Waals surface area contributed by atoms with Crippen LogP contribution in [0, 0.1) is 6.92 Å². The van der Waals surface area contributed by atoms with E-state index < -0.39 is 0 Å². The number of carbonyl (C=O) groups excluding carboxylic acids is 1. The van der Waals surface area contributed by atoms with Crippen LogP contribution in [0.1, 0.15) is 12.5 Å². The Hall–Kier alpha value is -1.75. The Morgan fingerprint density at radius 1 is 1.04 bits per heavy atom. The zero-order chi connectivity index (χ0) is 16.4. The van der Waals surface area contributed by atoms with Crippen molar-refractivity contribution in [3.05, 3.63) is 29.8 Å². The monoisotopic (exact) mass is 316 g/mol. The summed E-state index contributed by atoms with van der Waals surface area (Å²) in [6, 6.07) is 9.20. The normalized spacial score (nSPS) is 23.3. The Morgan fingerprint density at radius 2 is 1.74 bits per heavy atom. The summed E-state index contributed by atoms with van der Waals surface area (Å²) in [5, 5.41) is 0. The maximum Gasteiger partial charge on any atom is 0.320 e. The Labute approximate surface area is 139 Å². The third-order valence-electron chi connectivity index (χ3n) is 5.01. The molecule has 2 heterocycles. The standard InChI is InChI=1S/C18H28N4O/c1-15-5-4-6-17(13-15)22-12-11-21(14-16(22)2)18(23)20-9-7-19(3)8-10-20/h4-6,13,16H,7-12,14H2,1-3H3. The summed E-state index contributed by atoms with van der Waals surface area (Å²) in [6.45, 7) is 10.5. The highest BCUT2D eigenvalue weighted by molar-refractivity contribution is 5.75. The van der Waals surface area contributed by atoms with Gasteiger partial charge in [0.05, 0.1) is 0 Å². The summed E-state index contributed by atoms with van der Waals surface area (Å²) in [4.78, 5) is 21.5. The highest BCUT2D eigenvalue weighted by Crippen LogP contribution is 2.22. The molecule has 0 saturated carbocycles. The topological polar surface area (TPSA) is 30.0 Å². The predicted octanol–water partition coefficient (Wildman–Crippen LogP) is 1.87. The van der Waals surface area contributed by atoms with E-state index in [2.05, 4.69) is 55.0 Å². The van der Waals surface area contributed by atoms with Crippen molar-refractivity contribution in [2.45, 2.75) is 19.9 Å². The average molecular weight is 316 g/mol. The van der Waals surface area contributed by atoms with Gasteiger partial charge in [-0.3, -0.25) is 0 Å². The minimum Gasteiger partial charge on any atom is -0.365 e. The van der Waals surface area contributed by atoms with Crippen LogP contribution in [0.5, 0.6) is 0 Å². The minimum atomic E-state index is 0.217. The number of hydrogen-bond acceptors (Lipinski definition) is 3. The SMILES string of the molecule is Cc1cccc(N2CCN(C(=O)N3CCN(C)CC3)CC2C)c1. The maximum absolute atomic E-state index is 12.7. The van der Waals surface area contributed by atoms with Crippen molar-refractivity contribution >= 4 is 11.7 Å². The molecule has 0 spiro atoms. The Kier molecular flexibility index (Phi) is 4.76. The van der Waals surface area contributed by atoms with Gasteiger partial charge in [0.15, 0.2) is 0 Å². The van der Waals surface area contributed by atoms with Gasteiger partial charge in [0.2, 0.25) is 0 Å². The van der Waals surface area contributed by atoms with E-state index in [4.69, 9.17) is 0 Å². The first-order valence-electron chi connectivity index (χ1n) is 8.60. The maximum atomic E-state index is 12.7. The molecule has 0 N–H and O–H groups in total. The molecule has 3 rings (SSSR count). The molecule has 0 bridgehead atoms. The van der Waals surface area contributed by atoms with E-state index >= 15 is 0 Å². The van der Waals surface area contributed by atoms with Crippen LogP contribution < -0.4 is 4.90 Å². The first kappa shape index (κ1) is 16.1. The molecule has 2 aliphatic heterocycles. The van der Waals surface area contributed by atoms with Gasteiger partial charge in [-0.25, -0.2) is 4.79 Å². The van der Waals surface area contributed by atoms with Crippen molar-refractivity contribution in [2.24, 2.45) is 0 Å². The molecular weight excluding hydrogens is 288 g/mol. The van der Waals surface area contributed by atoms with Crippen LogP contribution in [0.25, 0.3) is 0 Å². The average Bonchev–Trinajstić information content (AvgIpc) is 2.55. The number of anilines is 1. The first-order valence-corrected chi connectivity index (χ1v) is 8.60. The summed E-state index contributed by atoms with van der Waals surface area (Å²) in [5.74, 6) is 0. The number of piperazine rings is 2. The third kappa shape index (κ3) is 3.61. The van der Waals surface area contributed by atoms with E-state index in [1.165, 1.54) is 11.3 Å². The third-order valence-corrected chi connectivity index (χ3v) is 5.01. The minimum absolute atomic E-state index is 0.217. The zero-order valence-corrected chi connectivity index (χ0v) is 14.5. The number of aryl methyl sites for hydroxylation is 1. The second-order valence-electron chi connectivity index (χ2n) is 6.90. The van der Waals surface area contributed by atoms with E-state index in [1.807, 2.05) is 9.80 Å². The highest BCUT2D eigenvalue weighted by atomic mass is 16.2. The molecule has 1 unspecified atom stereocenters. The van der Waals surface area contributed by atoms with Gasteiger partial charge in [0.1, 0.15) is 0 Å². The van der Waals surface area contributed by atoms with E-state index in [0.29, 0.717) is 6.04 Å². The predicted molar refractivity (Wildman–Crippen MR) is 94.0 cm³/mol. The molecular formula is C18H28N4O. The van der Waals surface area contributed by atoms with E-state index in [1.54, 1.807) is 0 Å². The molecule has 126 valence electrons. The number of carbonyl (C=O) groups is 1. The van der Waals surface area contributed by atoms with Crippen molar-refractivity contribution in [1.82, 2.24) is 14.7 Å². The molecule has 2 aliphatic rings. The summed E-state index contributed by atoms with van der Waals surface area (Å²) in [5.41, 5.74) is 2.55. The van der Waals surface area contributed by atoms with Crippen molar-refractivity contribution in [2.75, 3.05) is 57.8 Å². The number of benzene rings is 1. The van der Waals surface area contributed by atoms with Crippen LogP contribution in [0.4, 0.5) is 10.5 Å². The van der Waals surface area contributed by atoms with Crippen LogP contribution in [-0.2, 0) is 0 Å². The first-order chi connectivity index (χ1) is 11.0. The second-order valence-corrected chi connectivity index (χ2v) is 6.90. The van der Waals surface area contributed by atoms with Crippen LogP contribution in [0.2, 0.25) is 0 Å². The lowest BCUT2D eigenvalue weighted by Crippen LogP contribution is -2.59. The lowest BCUT2D eigenvalue weighted by atomic mass is 10.1. The van der Waals surface area contributed by atoms with E-state index in [0.717, 1.165) is 45.8 Å². The van der Waals surface area contributed by atoms with Crippen LogP contribution in [0.15, 0.2) is 24.3 Å². The van der Waals surface area contributed by atoms with Crippen molar-refractivity contribution in [3.8, 4) is 0 Å². The summed E-state index contributed by atoms with van der Waals surface area (Å²) in [6.07, 6.45) is 0. The van der Waals surface area contributed by atoms with Crippen molar-refractivity contribution in [3.63, 3.8) is 0 Å². The number of amides is 2. The highest BCUT2D eigenvalue weighted by Gasteiger charge is 2.30. The fraction of sp³-hybridized carbons (Fsp3) is 0.611. The molecule has 1 aromatic carbocycles. The number of likely N-dealkylation sites (N-methyl/N-ethyl adjacent to an activating group) is 1. The lowest BCUT2D eigenvalue weighted by Gasteiger charge is -2.44. The Morgan fingerprint density at radius 3 is 2.39 bits per heavy atom. The number of hydrogen-bond donors (Lipinski definition) is 0. The fourth-order valence-corrected chi connectivity index (χ4v) is 3.52. The van der Waals surface area contributed by atoms with E-state index in [9.17, 15) is 4.79 Å². The van der Waals surface area contributed by atoms with Gasteiger partial charge in [-0.2, -0.15) is 0 Å². The Balaban J connectivity index is 1.61. The molecule has 5 heteroatoms. The molecule has 2 saturated heterocycles. The quantitative estimate of drug-likeness (QED) is 0.792. The van der Waals surface area contributed by atoms with Gasteiger partial charge in [-0.05, 0) is 38.6 Å². The summed E-state index contributed by atoms with van der Waals surface area (Å²) in [7, 11) is 2.12. The van der Waals surface area contributed by atoms with Crippen LogP contribution in [-0.4, -0.2) is 79.6 Å². The van der Waals surface area contributed by atoms with Gasteiger partial charge < -0.3 is 19.6 Å². The van der Waals surface area contributed by atoms with Crippen LogP contribution >= 0.6 is 0 Å². The smallest absolute Gasteiger partial charge is 0.320 e. The number of rotatable bonds is 1. The molecule has 1 aromatic rings. The van der Waals surface area contributed by atoms with Gasteiger partial charge in [0.25, 0.3) is 0 Å². The molecule has 2 fully saturated rings. The summed E-state index contributed by atoms with van der Waals surface area (Å²) < 4.78 is 0. The molecule has 5 nitrogen and oxygen atoms in total. The van der Waals surface area contributed by atoms with Gasteiger partial charge >= 0.3 is 6.03 Å². The molecule has 0 aromatic heterocycles. The summed E-state index contributed by atoms with van der Waals surface area (Å²) >= 11 is 0. The fourth-order valence-electron chi connectivity index (χ4n) is 3.52. The zero-order valence-electron chi connectivity index (χ0n) is 14.5. The van der Waals surface area contributed by atoms with Crippen molar-refractivity contribution < 1.29 is 4.79 Å². The molecule has 0 radical (unpaired) electrons. The Bertz CT molecular complexity index is 554. The molecule has 23 heavy (non-hydrogen) atoms. The van der Waals surface area contributed by atoms with Gasteiger partial charge in [-0.1, -0.05) is 12.1 Å².